The Morgan fingerprint density at radius 3 is 2.84 bits per heavy atom. The molecule has 1 unspecified atom stereocenters. The molecule has 2 aromatic rings. The molecule has 1 fully saturated rings. The predicted molar refractivity (Wildman–Crippen MR) is 130 cm³/mol. The van der Waals surface area contributed by atoms with E-state index >= 15 is 0 Å². The van der Waals surface area contributed by atoms with Gasteiger partial charge in [0.2, 0.25) is 5.91 Å². The van der Waals surface area contributed by atoms with Crippen LogP contribution in [0.1, 0.15) is 43.4 Å². The van der Waals surface area contributed by atoms with Gasteiger partial charge in [0, 0.05) is 37.9 Å². The molecule has 2 aromatic carbocycles. The lowest BCUT2D eigenvalue weighted by Crippen LogP contribution is -2.40. The summed E-state index contributed by atoms with van der Waals surface area (Å²) in [6.07, 6.45) is 3.83. The van der Waals surface area contributed by atoms with Crippen LogP contribution in [0.4, 0.5) is 11.4 Å². The number of carbonyl (C=O) groups excluding carboxylic acids is 1. The van der Waals surface area contributed by atoms with E-state index in [0.29, 0.717) is 19.6 Å². The van der Waals surface area contributed by atoms with Crippen LogP contribution in [-0.4, -0.2) is 45.2 Å². The molecule has 0 aromatic heterocycles. The van der Waals surface area contributed by atoms with E-state index in [0.717, 1.165) is 42.5 Å². The van der Waals surface area contributed by atoms with E-state index in [9.17, 15) is 4.79 Å². The second-order valence-corrected chi connectivity index (χ2v) is 8.37. The number of amides is 1. The van der Waals surface area contributed by atoms with E-state index in [1.165, 1.54) is 24.1 Å². The quantitative estimate of drug-likeness (QED) is 0.353. The molecule has 0 spiro atoms. The van der Waals surface area contributed by atoms with E-state index in [1.807, 2.05) is 18.2 Å². The summed E-state index contributed by atoms with van der Waals surface area (Å²) in [4.78, 5) is 18.3. The number of guanidine groups is 1. The first-order valence-electron chi connectivity index (χ1n) is 11.5. The summed E-state index contributed by atoms with van der Waals surface area (Å²) in [5.74, 6) is 1.64. The molecule has 2 aliphatic rings. The van der Waals surface area contributed by atoms with Crippen LogP contribution in [0.5, 0.6) is 5.75 Å². The van der Waals surface area contributed by atoms with Crippen LogP contribution in [0.3, 0.4) is 0 Å². The van der Waals surface area contributed by atoms with Crippen molar-refractivity contribution in [3.8, 4) is 5.75 Å². The third-order valence-electron chi connectivity index (χ3n) is 6.05. The monoisotopic (exact) mass is 435 g/mol. The van der Waals surface area contributed by atoms with Crippen molar-refractivity contribution >= 4 is 23.2 Å². The molecule has 7 heteroatoms. The zero-order valence-corrected chi connectivity index (χ0v) is 19.0. The molecule has 4 rings (SSSR count). The van der Waals surface area contributed by atoms with Crippen molar-refractivity contribution in [3.63, 3.8) is 0 Å². The number of anilines is 2. The van der Waals surface area contributed by atoms with Crippen LogP contribution in [0, 0.1) is 0 Å². The second-order valence-electron chi connectivity index (χ2n) is 8.37. The summed E-state index contributed by atoms with van der Waals surface area (Å²) in [6, 6.07) is 14.7. The fraction of sp³-hybridized carbons (Fsp3) is 0.440. The van der Waals surface area contributed by atoms with E-state index < -0.39 is 0 Å². The maximum atomic E-state index is 11.5. The summed E-state index contributed by atoms with van der Waals surface area (Å²) < 4.78 is 5.89. The zero-order chi connectivity index (χ0) is 22.3. The molecule has 0 radical (unpaired) electrons. The number of nitrogens with zero attached hydrogens (tertiary/aromatic N) is 2. The molecule has 32 heavy (non-hydrogen) atoms. The normalized spacial score (nSPS) is 16.9. The van der Waals surface area contributed by atoms with Gasteiger partial charge in [-0.1, -0.05) is 12.1 Å². The smallest absolute Gasteiger partial charge is 0.224 e. The second kappa shape index (κ2) is 10.4. The van der Waals surface area contributed by atoms with Gasteiger partial charge in [-0.3, -0.25) is 9.79 Å². The SMILES string of the molecule is CN=C(NCCOc1ccc2c(c1)CCC(=O)N2)NC(C)c1cccc(N2CCCC2)c1. The molecule has 0 bridgehead atoms. The number of aliphatic imine (C=N–C) groups is 1. The number of benzene rings is 2. The molecule has 1 saturated heterocycles. The lowest BCUT2D eigenvalue weighted by Gasteiger charge is -2.22. The van der Waals surface area contributed by atoms with Crippen LogP contribution >= 0.6 is 0 Å². The number of fused-ring (bicyclic) bond motifs is 1. The highest BCUT2D eigenvalue weighted by Gasteiger charge is 2.16. The summed E-state index contributed by atoms with van der Waals surface area (Å²) in [7, 11) is 1.78. The highest BCUT2D eigenvalue weighted by atomic mass is 16.5. The Kier molecular flexibility index (Phi) is 7.14. The number of ether oxygens (including phenoxy) is 1. The molecular weight excluding hydrogens is 402 g/mol. The van der Waals surface area contributed by atoms with Gasteiger partial charge in [0.15, 0.2) is 5.96 Å². The fourth-order valence-corrected chi connectivity index (χ4v) is 4.24. The molecule has 7 nitrogen and oxygen atoms in total. The van der Waals surface area contributed by atoms with Gasteiger partial charge in [0.1, 0.15) is 12.4 Å². The number of rotatable bonds is 7. The molecule has 2 aliphatic heterocycles. The molecule has 170 valence electrons. The highest BCUT2D eigenvalue weighted by Crippen LogP contribution is 2.27. The molecule has 0 aliphatic carbocycles. The zero-order valence-electron chi connectivity index (χ0n) is 19.0. The maximum absolute atomic E-state index is 11.5. The van der Waals surface area contributed by atoms with Crippen molar-refractivity contribution in [2.75, 3.05) is 43.5 Å². The Morgan fingerprint density at radius 1 is 1.19 bits per heavy atom. The average molecular weight is 436 g/mol. The average Bonchev–Trinajstić information content (AvgIpc) is 3.36. The first kappa shape index (κ1) is 22.0. The van der Waals surface area contributed by atoms with E-state index in [2.05, 4.69) is 57.0 Å². The van der Waals surface area contributed by atoms with Crippen LogP contribution in [0.2, 0.25) is 0 Å². The van der Waals surface area contributed by atoms with Gasteiger partial charge in [-0.05, 0) is 67.6 Å². The third-order valence-corrected chi connectivity index (χ3v) is 6.05. The summed E-state index contributed by atoms with van der Waals surface area (Å²) in [6.45, 7) is 5.59. The van der Waals surface area contributed by atoms with E-state index in [-0.39, 0.29) is 11.9 Å². The minimum atomic E-state index is 0.0752. The van der Waals surface area contributed by atoms with Crippen LogP contribution in [-0.2, 0) is 11.2 Å². The molecule has 1 atom stereocenters. The number of hydrogen-bond donors (Lipinski definition) is 3. The summed E-state index contributed by atoms with van der Waals surface area (Å²) >= 11 is 0. The number of carbonyl (C=O) groups is 1. The van der Waals surface area contributed by atoms with Gasteiger partial charge in [-0.15, -0.1) is 0 Å². The molecule has 3 N–H and O–H groups in total. The van der Waals surface area contributed by atoms with Crippen LogP contribution < -0.4 is 25.6 Å². The number of aryl methyl sites for hydroxylation is 1. The van der Waals surface area contributed by atoms with Crippen LogP contribution in [0.15, 0.2) is 47.5 Å². The molecular formula is C25H33N5O2. The standard InChI is InChI=1S/C25H33N5O2/c1-18(19-6-5-7-21(16-19)30-13-3-4-14-30)28-25(26-2)27-12-15-32-22-9-10-23-20(17-22)8-11-24(31)29-23/h5-7,9-10,16-18H,3-4,8,11-15H2,1-2H3,(H,29,31)(H2,26,27,28). The van der Waals surface area contributed by atoms with Crippen molar-refractivity contribution in [2.45, 2.75) is 38.6 Å². The minimum Gasteiger partial charge on any atom is -0.492 e. The molecule has 0 saturated carbocycles. The first-order chi connectivity index (χ1) is 15.6. The third kappa shape index (κ3) is 5.52. The van der Waals surface area contributed by atoms with Crippen molar-refractivity contribution in [3.05, 3.63) is 53.6 Å². The molecule has 1 amide bonds. The predicted octanol–water partition coefficient (Wildman–Crippen LogP) is 3.48. The Balaban J connectivity index is 1.24. The van der Waals surface area contributed by atoms with E-state index in [1.54, 1.807) is 7.05 Å². The van der Waals surface area contributed by atoms with Crippen molar-refractivity contribution in [1.82, 2.24) is 10.6 Å². The highest BCUT2D eigenvalue weighted by molar-refractivity contribution is 5.94. The molecule has 2 heterocycles. The number of hydrogen-bond acceptors (Lipinski definition) is 4. The first-order valence-corrected chi connectivity index (χ1v) is 11.5. The Labute approximate surface area is 190 Å². The largest absolute Gasteiger partial charge is 0.492 e. The van der Waals surface area contributed by atoms with Crippen molar-refractivity contribution in [2.24, 2.45) is 4.99 Å². The van der Waals surface area contributed by atoms with Gasteiger partial charge in [0.05, 0.1) is 12.6 Å². The van der Waals surface area contributed by atoms with Gasteiger partial charge in [-0.25, -0.2) is 0 Å². The Morgan fingerprint density at radius 2 is 2.03 bits per heavy atom. The van der Waals surface area contributed by atoms with Gasteiger partial charge in [0.25, 0.3) is 0 Å². The van der Waals surface area contributed by atoms with Crippen molar-refractivity contribution in [1.29, 1.82) is 0 Å². The lowest BCUT2D eigenvalue weighted by atomic mass is 10.0. The van der Waals surface area contributed by atoms with E-state index in [4.69, 9.17) is 4.74 Å². The van der Waals surface area contributed by atoms with Gasteiger partial charge in [-0.2, -0.15) is 0 Å². The van der Waals surface area contributed by atoms with Crippen molar-refractivity contribution < 1.29 is 9.53 Å². The lowest BCUT2D eigenvalue weighted by molar-refractivity contribution is -0.116. The van der Waals surface area contributed by atoms with Gasteiger partial charge >= 0.3 is 0 Å². The number of nitrogens with one attached hydrogen (secondary N) is 3. The topological polar surface area (TPSA) is 78.0 Å². The minimum absolute atomic E-state index is 0.0752. The fourth-order valence-electron chi connectivity index (χ4n) is 4.24. The Hall–Kier alpha value is -3.22. The maximum Gasteiger partial charge on any atom is 0.224 e. The summed E-state index contributed by atoms with van der Waals surface area (Å²) in [5.41, 5.74) is 4.56. The summed E-state index contributed by atoms with van der Waals surface area (Å²) in [5, 5.41) is 9.69. The Bertz CT molecular complexity index is 969. The van der Waals surface area contributed by atoms with Crippen LogP contribution in [0.25, 0.3) is 0 Å². The van der Waals surface area contributed by atoms with Gasteiger partial charge < -0.3 is 25.6 Å².